The van der Waals surface area contributed by atoms with Gasteiger partial charge in [-0.3, -0.25) is 24.0 Å². The molecule has 3 N–H and O–H groups in total. The van der Waals surface area contributed by atoms with Gasteiger partial charge in [0.1, 0.15) is 23.7 Å². The summed E-state index contributed by atoms with van der Waals surface area (Å²) in [7, 11) is -3.91. The normalized spacial score (nSPS) is 28.6. The molecule has 15 heteroatoms. The van der Waals surface area contributed by atoms with Crippen LogP contribution in [0.2, 0.25) is 0 Å². The SMILES string of the molecule is C=C[C@@H]1C[C@]1(NC(=O)[C@@H]1C[C@@H]2CN1C(=O)[C@H](C(C)(C)C)NC(=O)N(C(C)C)CCCC/C=C/c1cccc3c1CN(C3)C(=O)O2)C(=O)NS(=O)(=O)C1CC1. The van der Waals surface area contributed by atoms with Crippen molar-refractivity contribution in [1.29, 1.82) is 0 Å². The number of nitrogens with one attached hydrogen (secondary N) is 3. The van der Waals surface area contributed by atoms with Gasteiger partial charge < -0.3 is 25.2 Å². The zero-order chi connectivity index (χ0) is 39.2. The molecule has 0 aromatic heterocycles. The topological polar surface area (TPSA) is 175 Å². The van der Waals surface area contributed by atoms with E-state index in [9.17, 15) is 32.4 Å². The Morgan fingerprint density at radius 1 is 1.11 bits per heavy atom. The summed E-state index contributed by atoms with van der Waals surface area (Å²) in [4.78, 5) is 74.6. The fourth-order valence-corrected chi connectivity index (χ4v) is 9.08. The van der Waals surface area contributed by atoms with E-state index >= 15 is 0 Å². The minimum absolute atomic E-state index is 0.0716. The Kier molecular flexibility index (Phi) is 10.9. The van der Waals surface area contributed by atoms with Crippen LogP contribution in [0.5, 0.6) is 0 Å². The van der Waals surface area contributed by atoms with Crippen LogP contribution < -0.4 is 15.4 Å². The van der Waals surface area contributed by atoms with E-state index in [0.29, 0.717) is 32.5 Å². The minimum Gasteiger partial charge on any atom is -0.444 e. The van der Waals surface area contributed by atoms with Gasteiger partial charge in [-0.25, -0.2) is 18.0 Å². The van der Waals surface area contributed by atoms with Crippen molar-refractivity contribution < 1.29 is 37.1 Å². The molecule has 294 valence electrons. The van der Waals surface area contributed by atoms with Crippen molar-refractivity contribution in [2.45, 2.75) is 128 Å². The first-order valence-corrected chi connectivity index (χ1v) is 20.6. The van der Waals surface area contributed by atoms with Crippen LogP contribution in [0.15, 0.2) is 36.9 Å². The second-order valence-corrected chi connectivity index (χ2v) is 18.7. The highest BCUT2D eigenvalue weighted by molar-refractivity contribution is 7.91. The number of rotatable bonds is 7. The molecule has 54 heavy (non-hydrogen) atoms. The Bertz CT molecular complexity index is 1840. The number of sulfonamides is 1. The number of ether oxygens (including phenoxy) is 1. The molecule has 3 aliphatic heterocycles. The third-order valence-corrected chi connectivity index (χ3v) is 13.0. The third kappa shape index (κ3) is 8.15. The van der Waals surface area contributed by atoms with Crippen LogP contribution in [0.3, 0.4) is 0 Å². The molecule has 3 fully saturated rings. The number of nitrogens with zero attached hydrogens (tertiary/aromatic N) is 3. The number of carbonyl (C=O) groups excluding carboxylic acids is 5. The number of hydrogen-bond acceptors (Lipinski definition) is 8. The molecule has 2 saturated carbocycles. The fourth-order valence-electron chi connectivity index (χ4n) is 7.71. The summed E-state index contributed by atoms with van der Waals surface area (Å²) in [5.41, 5.74) is 0.693. The number of amides is 6. The summed E-state index contributed by atoms with van der Waals surface area (Å²) in [6, 6.07) is 3.13. The second kappa shape index (κ2) is 15.0. The Morgan fingerprint density at radius 3 is 2.50 bits per heavy atom. The van der Waals surface area contributed by atoms with Gasteiger partial charge in [-0.15, -0.1) is 6.58 Å². The van der Waals surface area contributed by atoms with Crippen molar-refractivity contribution in [2.24, 2.45) is 11.3 Å². The molecular weight excluding hydrogens is 713 g/mol. The Balaban J connectivity index is 1.30. The van der Waals surface area contributed by atoms with E-state index in [1.165, 1.54) is 11.0 Å². The van der Waals surface area contributed by atoms with E-state index < -0.39 is 80.2 Å². The molecule has 14 nitrogen and oxygen atoms in total. The molecule has 2 aliphatic carbocycles. The molecule has 0 spiro atoms. The Hall–Kier alpha value is -4.40. The van der Waals surface area contributed by atoms with Crippen LogP contribution in [0.4, 0.5) is 9.59 Å². The third-order valence-electron chi connectivity index (χ3n) is 11.2. The number of carbonyl (C=O) groups is 5. The number of benzene rings is 1. The summed E-state index contributed by atoms with van der Waals surface area (Å²) >= 11 is 0. The largest absolute Gasteiger partial charge is 0.444 e. The monoisotopic (exact) mass is 766 g/mol. The Morgan fingerprint density at radius 2 is 1.85 bits per heavy atom. The van der Waals surface area contributed by atoms with Crippen molar-refractivity contribution in [2.75, 3.05) is 13.1 Å². The molecule has 4 bridgehead atoms. The maximum absolute atomic E-state index is 14.7. The first-order chi connectivity index (χ1) is 25.4. The molecule has 5 atom stereocenters. The minimum atomic E-state index is -3.91. The highest BCUT2D eigenvalue weighted by Gasteiger charge is 2.62. The van der Waals surface area contributed by atoms with Crippen molar-refractivity contribution in [3.05, 3.63) is 53.6 Å². The zero-order valence-corrected chi connectivity index (χ0v) is 32.7. The van der Waals surface area contributed by atoms with E-state index in [1.54, 1.807) is 9.80 Å². The van der Waals surface area contributed by atoms with Gasteiger partial charge in [-0.2, -0.15) is 0 Å². The van der Waals surface area contributed by atoms with Crippen LogP contribution in [-0.4, -0.2) is 101 Å². The van der Waals surface area contributed by atoms with E-state index in [0.717, 1.165) is 36.0 Å². The summed E-state index contributed by atoms with van der Waals surface area (Å²) in [6.07, 6.45) is 7.56. The summed E-state index contributed by atoms with van der Waals surface area (Å²) < 4.78 is 33.6. The Labute approximate surface area is 318 Å². The van der Waals surface area contributed by atoms with Gasteiger partial charge in [-0.1, -0.05) is 57.2 Å². The van der Waals surface area contributed by atoms with Crippen molar-refractivity contribution in [3.63, 3.8) is 0 Å². The molecule has 6 rings (SSSR count). The highest BCUT2D eigenvalue weighted by atomic mass is 32.2. The molecule has 1 aromatic rings. The molecule has 6 amide bonds. The van der Waals surface area contributed by atoms with Crippen LogP contribution in [-0.2, 0) is 42.2 Å². The summed E-state index contributed by atoms with van der Waals surface area (Å²) in [6.45, 7) is 14.1. The zero-order valence-electron chi connectivity index (χ0n) is 31.9. The maximum Gasteiger partial charge on any atom is 0.410 e. The fraction of sp³-hybridized carbons (Fsp3) is 0.615. The molecule has 0 radical (unpaired) electrons. The number of fused-ring (bicyclic) bond motifs is 3. The van der Waals surface area contributed by atoms with Gasteiger partial charge in [0.2, 0.25) is 21.8 Å². The van der Waals surface area contributed by atoms with Gasteiger partial charge in [-0.05, 0) is 74.5 Å². The molecule has 0 unspecified atom stereocenters. The predicted octanol–water partition coefficient (Wildman–Crippen LogP) is 3.81. The number of hydrogen-bond donors (Lipinski definition) is 3. The lowest BCUT2D eigenvalue weighted by molar-refractivity contribution is -0.142. The summed E-state index contributed by atoms with van der Waals surface area (Å²) in [5.74, 6) is -2.63. The lowest BCUT2D eigenvalue weighted by atomic mass is 9.85. The average Bonchev–Trinajstić information content (AvgIpc) is 3.99. The van der Waals surface area contributed by atoms with Gasteiger partial charge in [0.15, 0.2) is 0 Å². The van der Waals surface area contributed by atoms with E-state index in [-0.39, 0.29) is 25.4 Å². The van der Waals surface area contributed by atoms with Crippen molar-refractivity contribution >= 4 is 45.9 Å². The van der Waals surface area contributed by atoms with E-state index in [4.69, 9.17) is 4.74 Å². The van der Waals surface area contributed by atoms with Gasteiger partial charge in [0.05, 0.1) is 18.3 Å². The molecule has 1 aromatic carbocycles. The lowest BCUT2D eigenvalue weighted by Gasteiger charge is -2.37. The summed E-state index contributed by atoms with van der Waals surface area (Å²) in [5, 5.41) is 5.09. The van der Waals surface area contributed by atoms with Gasteiger partial charge in [0.25, 0.3) is 5.91 Å². The van der Waals surface area contributed by atoms with Crippen molar-refractivity contribution in [1.82, 2.24) is 30.1 Å². The van der Waals surface area contributed by atoms with Crippen molar-refractivity contribution in [3.8, 4) is 0 Å². The predicted molar refractivity (Wildman–Crippen MR) is 202 cm³/mol. The average molecular weight is 767 g/mol. The first-order valence-electron chi connectivity index (χ1n) is 19.1. The number of urea groups is 1. The number of allylic oxidation sites excluding steroid dienone is 1. The standard InChI is InChI=1S/C39H54N6O8S/c1-7-27-20-39(27,35(48)42-54(51,52)29-16-17-29)41-33(46)31-19-28-22-45(31)34(47)32(38(4,5)6)40-36(49)44(24(2)3)18-11-9-8-10-13-25-14-12-15-26-21-43(23-30(25)26)37(50)53-28/h7,10,12-15,24,27-29,31-32H,1,8-9,11,16-23H2,2-6H3,(H,40,49)(H,41,46)(H,42,48)/b13-10+/t27-,28-,31+,32-,39-/m1/s1. The quantitative estimate of drug-likeness (QED) is 0.352. The van der Waals surface area contributed by atoms with Gasteiger partial charge >= 0.3 is 12.1 Å². The van der Waals surface area contributed by atoms with Crippen LogP contribution in [0.1, 0.15) is 96.3 Å². The lowest BCUT2D eigenvalue weighted by Crippen LogP contribution is -2.61. The van der Waals surface area contributed by atoms with E-state index in [1.807, 2.05) is 52.8 Å². The molecule has 5 aliphatic rings. The van der Waals surface area contributed by atoms with Crippen LogP contribution in [0, 0.1) is 11.3 Å². The molecule has 3 heterocycles. The first kappa shape index (κ1) is 39.3. The van der Waals surface area contributed by atoms with Crippen LogP contribution >= 0.6 is 0 Å². The second-order valence-electron chi connectivity index (χ2n) is 16.7. The highest BCUT2D eigenvalue weighted by Crippen LogP contribution is 2.45. The maximum atomic E-state index is 14.7. The van der Waals surface area contributed by atoms with E-state index in [2.05, 4.69) is 34.1 Å². The van der Waals surface area contributed by atoms with Gasteiger partial charge in [0, 0.05) is 31.5 Å². The smallest absolute Gasteiger partial charge is 0.410 e. The molecule has 1 saturated heterocycles. The van der Waals surface area contributed by atoms with Crippen LogP contribution in [0.25, 0.3) is 6.08 Å². The molecular formula is C39H54N6O8S.